The van der Waals surface area contributed by atoms with Crippen LogP contribution in [0.2, 0.25) is 0 Å². The number of thioether (sulfide) groups is 1. The summed E-state index contributed by atoms with van der Waals surface area (Å²) in [5.41, 5.74) is 5.08. The van der Waals surface area contributed by atoms with Crippen molar-refractivity contribution in [3.63, 3.8) is 0 Å². The molecule has 3 aromatic rings. The van der Waals surface area contributed by atoms with E-state index < -0.39 is 0 Å². The fraction of sp³-hybridized carbons (Fsp3) is 0.200. The maximum atomic E-state index is 12.2. The van der Waals surface area contributed by atoms with Gasteiger partial charge in [-0.1, -0.05) is 39.8 Å². The molecular weight excluding hydrogens is 470 g/mol. The van der Waals surface area contributed by atoms with E-state index in [4.69, 9.17) is 9.47 Å². The summed E-state index contributed by atoms with van der Waals surface area (Å²) in [5, 5.41) is 11.6. The molecule has 2 N–H and O–H groups in total. The lowest BCUT2D eigenvalue weighted by atomic mass is 10.1. The van der Waals surface area contributed by atoms with Gasteiger partial charge in [-0.3, -0.25) is 4.79 Å². The van der Waals surface area contributed by atoms with Crippen molar-refractivity contribution in [3.8, 4) is 11.5 Å². The largest absolute Gasteiger partial charge is 0.493 e. The second-order valence-electron chi connectivity index (χ2n) is 6.06. The smallest absolute Gasteiger partial charge is 0.240 e. The Kier molecular flexibility index (Phi) is 7.47. The van der Waals surface area contributed by atoms with E-state index in [1.54, 1.807) is 26.4 Å². The van der Waals surface area contributed by atoms with Gasteiger partial charge in [-0.05, 0) is 37.3 Å². The number of carbonyl (C=O) groups is 1. The first kappa shape index (κ1) is 21.8. The van der Waals surface area contributed by atoms with Gasteiger partial charge >= 0.3 is 0 Å². The standard InChI is InChI=1S/C20H20BrN5O3S/c1-12(14-6-9-17(28-2)18(10-14)29-3)23-24-19-22-20(26-25-19)30-11-16(27)13-4-7-15(21)8-5-13/h4-10H,11H2,1-3H3,(H2,22,24,25,26)/b23-12-. The molecule has 0 saturated carbocycles. The fourth-order valence-electron chi connectivity index (χ4n) is 2.47. The predicted octanol–water partition coefficient (Wildman–Crippen LogP) is 4.40. The van der Waals surface area contributed by atoms with Gasteiger partial charge in [-0.2, -0.15) is 10.1 Å². The second-order valence-corrected chi connectivity index (χ2v) is 7.92. The molecule has 0 bridgehead atoms. The Balaban J connectivity index is 1.58. The van der Waals surface area contributed by atoms with Crippen LogP contribution in [0.4, 0.5) is 5.95 Å². The molecule has 0 saturated heterocycles. The highest BCUT2D eigenvalue weighted by atomic mass is 79.9. The number of hydrogen-bond acceptors (Lipinski definition) is 8. The van der Waals surface area contributed by atoms with Gasteiger partial charge < -0.3 is 9.47 Å². The van der Waals surface area contributed by atoms with Crippen molar-refractivity contribution >= 4 is 45.1 Å². The second kappa shape index (κ2) is 10.3. The summed E-state index contributed by atoms with van der Waals surface area (Å²) in [7, 11) is 3.17. The molecule has 0 atom stereocenters. The number of ketones is 1. The van der Waals surface area contributed by atoms with E-state index >= 15 is 0 Å². The summed E-state index contributed by atoms with van der Waals surface area (Å²) in [6.45, 7) is 1.86. The first-order chi connectivity index (χ1) is 14.5. The van der Waals surface area contributed by atoms with Gasteiger partial charge in [-0.15, -0.1) is 5.10 Å². The quantitative estimate of drug-likeness (QED) is 0.199. The van der Waals surface area contributed by atoms with E-state index in [0.717, 1.165) is 15.7 Å². The van der Waals surface area contributed by atoms with Crippen LogP contribution in [0.5, 0.6) is 11.5 Å². The third-order valence-electron chi connectivity index (χ3n) is 4.09. The summed E-state index contributed by atoms with van der Waals surface area (Å²) in [5.74, 6) is 1.91. The van der Waals surface area contributed by atoms with Gasteiger partial charge in [0.05, 0.1) is 25.7 Å². The number of halogens is 1. The summed E-state index contributed by atoms with van der Waals surface area (Å²) in [6.07, 6.45) is 0. The van der Waals surface area contributed by atoms with Crippen molar-refractivity contribution in [1.29, 1.82) is 0 Å². The normalized spacial score (nSPS) is 11.3. The highest BCUT2D eigenvalue weighted by molar-refractivity contribution is 9.10. The number of aromatic nitrogens is 3. The minimum absolute atomic E-state index is 0.00845. The van der Waals surface area contributed by atoms with Crippen molar-refractivity contribution in [2.45, 2.75) is 12.1 Å². The Morgan fingerprint density at radius 3 is 2.53 bits per heavy atom. The van der Waals surface area contributed by atoms with Crippen LogP contribution in [-0.2, 0) is 0 Å². The number of benzene rings is 2. The summed E-state index contributed by atoms with van der Waals surface area (Å²) in [6, 6.07) is 12.8. The van der Waals surface area contributed by atoms with E-state index in [-0.39, 0.29) is 11.5 Å². The number of anilines is 1. The van der Waals surface area contributed by atoms with Crippen LogP contribution in [0.1, 0.15) is 22.8 Å². The molecule has 3 rings (SSSR count). The number of hydrazone groups is 1. The predicted molar refractivity (Wildman–Crippen MR) is 121 cm³/mol. The fourth-order valence-corrected chi connectivity index (χ4v) is 3.43. The van der Waals surface area contributed by atoms with Crippen LogP contribution in [0, 0.1) is 0 Å². The van der Waals surface area contributed by atoms with Crippen LogP contribution in [-0.4, -0.2) is 46.6 Å². The van der Waals surface area contributed by atoms with E-state index in [1.165, 1.54) is 11.8 Å². The number of H-pyrrole nitrogens is 1. The molecule has 0 fully saturated rings. The van der Waals surface area contributed by atoms with Gasteiger partial charge in [0.1, 0.15) is 0 Å². The van der Waals surface area contributed by atoms with Crippen molar-refractivity contribution < 1.29 is 14.3 Å². The monoisotopic (exact) mass is 489 g/mol. The molecule has 0 unspecified atom stereocenters. The van der Waals surface area contributed by atoms with Gasteiger partial charge in [0.25, 0.3) is 0 Å². The molecule has 0 radical (unpaired) electrons. The summed E-state index contributed by atoms with van der Waals surface area (Å²) < 4.78 is 11.5. The first-order valence-electron chi connectivity index (χ1n) is 8.87. The zero-order valence-electron chi connectivity index (χ0n) is 16.6. The van der Waals surface area contributed by atoms with Gasteiger partial charge in [-0.25, -0.2) is 10.5 Å². The maximum absolute atomic E-state index is 12.2. The lowest BCUT2D eigenvalue weighted by Crippen LogP contribution is -2.02. The van der Waals surface area contributed by atoms with E-state index in [1.807, 2.05) is 37.3 Å². The van der Waals surface area contributed by atoms with Gasteiger partial charge in [0.2, 0.25) is 11.1 Å². The molecule has 1 heterocycles. The molecule has 8 nitrogen and oxygen atoms in total. The summed E-state index contributed by atoms with van der Waals surface area (Å²) >= 11 is 4.61. The number of hydrogen-bond donors (Lipinski definition) is 2. The van der Waals surface area contributed by atoms with E-state index in [9.17, 15) is 4.79 Å². The van der Waals surface area contributed by atoms with Crippen LogP contribution in [0.15, 0.2) is 57.2 Å². The molecular formula is C20H20BrN5O3S. The number of methoxy groups -OCH3 is 2. The number of carbonyl (C=O) groups excluding carboxylic acids is 1. The molecule has 0 aliphatic rings. The molecule has 0 amide bonds. The number of rotatable bonds is 9. The lowest BCUT2D eigenvalue weighted by molar-refractivity contribution is 0.102. The first-order valence-corrected chi connectivity index (χ1v) is 10.6. The van der Waals surface area contributed by atoms with E-state index in [0.29, 0.717) is 28.2 Å². The Bertz CT molecular complexity index is 1050. The third kappa shape index (κ3) is 5.61. The maximum Gasteiger partial charge on any atom is 0.240 e. The minimum atomic E-state index is 0.00845. The number of Topliss-reactive ketones (excluding diaryl/α,β-unsaturated/α-hetero) is 1. The number of nitrogens with zero attached hydrogens (tertiary/aromatic N) is 3. The summed E-state index contributed by atoms with van der Waals surface area (Å²) in [4.78, 5) is 16.5. The average Bonchev–Trinajstić information content (AvgIpc) is 3.23. The SMILES string of the molecule is COc1ccc(/C(C)=N\Nc2nc(SCC(=O)c3ccc(Br)cc3)n[nH]2)cc1OC. The number of nitrogens with one attached hydrogen (secondary N) is 2. The van der Waals surface area contributed by atoms with Crippen molar-refractivity contribution in [3.05, 3.63) is 58.1 Å². The van der Waals surface area contributed by atoms with Gasteiger partial charge in [0, 0.05) is 15.6 Å². The molecule has 1 aromatic heterocycles. The minimum Gasteiger partial charge on any atom is -0.493 e. The zero-order valence-corrected chi connectivity index (χ0v) is 19.0. The van der Waals surface area contributed by atoms with Crippen LogP contribution < -0.4 is 14.9 Å². The molecule has 0 aliphatic carbocycles. The number of ether oxygens (including phenoxy) is 2. The molecule has 0 aliphatic heterocycles. The van der Waals surface area contributed by atoms with Crippen molar-refractivity contribution in [1.82, 2.24) is 15.2 Å². The highest BCUT2D eigenvalue weighted by Crippen LogP contribution is 2.27. The molecule has 2 aromatic carbocycles. The Hall–Kier alpha value is -2.85. The van der Waals surface area contributed by atoms with Crippen LogP contribution in [0.3, 0.4) is 0 Å². The van der Waals surface area contributed by atoms with Crippen molar-refractivity contribution in [2.75, 3.05) is 25.4 Å². The molecule has 10 heteroatoms. The highest BCUT2D eigenvalue weighted by Gasteiger charge is 2.10. The zero-order chi connectivity index (χ0) is 21.5. The van der Waals surface area contributed by atoms with Crippen LogP contribution in [0.25, 0.3) is 0 Å². The third-order valence-corrected chi connectivity index (χ3v) is 5.47. The number of aromatic amines is 1. The molecule has 0 spiro atoms. The topological polar surface area (TPSA) is 101 Å². The molecule has 30 heavy (non-hydrogen) atoms. The van der Waals surface area contributed by atoms with E-state index in [2.05, 4.69) is 41.6 Å². The average molecular weight is 490 g/mol. The van der Waals surface area contributed by atoms with Crippen LogP contribution >= 0.6 is 27.7 Å². The van der Waals surface area contributed by atoms with Crippen molar-refractivity contribution in [2.24, 2.45) is 5.10 Å². The van der Waals surface area contributed by atoms with Gasteiger partial charge in [0.15, 0.2) is 17.3 Å². The molecule has 156 valence electrons. The Morgan fingerprint density at radius 1 is 1.13 bits per heavy atom. The lowest BCUT2D eigenvalue weighted by Gasteiger charge is -2.09. The Labute approximate surface area is 186 Å². The Morgan fingerprint density at radius 2 is 1.83 bits per heavy atom.